The topological polar surface area (TPSA) is 109 Å². The molecule has 0 saturated carbocycles. The van der Waals surface area contributed by atoms with Crippen LogP contribution in [0.4, 0.5) is 0 Å². The quantitative estimate of drug-likeness (QED) is 0.684. The van der Waals surface area contributed by atoms with Gasteiger partial charge in [-0.15, -0.1) is 0 Å². The molecule has 0 radical (unpaired) electrons. The molecule has 2 N–H and O–H groups in total. The number of benzene rings is 2. The smallest absolute Gasteiger partial charge is 0.341 e. The highest BCUT2D eigenvalue weighted by Crippen LogP contribution is 2.11. The summed E-state index contributed by atoms with van der Waals surface area (Å²) < 4.78 is 2.38. The first-order chi connectivity index (χ1) is 12.9. The lowest BCUT2D eigenvalue weighted by atomic mass is 10.1. The van der Waals surface area contributed by atoms with Gasteiger partial charge in [0.25, 0.3) is 0 Å². The van der Waals surface area contributed by atoms with Gasteiger partial charge in [-0.2, -0.15) is 0 Å². The van der Waals surface area contributed by atoms with E-state index in [1.165, 1.54) is 7.05 Å². The number of nitrogens with zero attached hydrogens (tertiary/aromatic N) is 3. The third-order valence-corrected chi connectivity index (χ3v) is 4.29. The number of amides is 1. The summed E-state index contributed by atoms with van der Waals surface area (Å²) in [6.07, 6.45) is 0.0539. The van der Waals surface area contributed by atoms with Crippen molar-refractivity contribution in [2.75, 3.05) is 0 Å². The Morgan fingerprint density at radius 3 is 2.00 bits per heavy atom. The van der Waals surface area contributed by atoms with Gasteiger partial charge in [0.2, 0.25) is 5.91 Å². The number of rotatable bonds is 5. The van der Waals surface area contributed by atoms with Crippen molar-refractivity contribution in [1.29, 1.82) is 0 Å². The molecule has 138 valence electrons. The number of nitrogens with two attached hydrogens (primary N) is 1. The molecule has 0 bridgehead atoms. The second-order valence-electron chi connectivity index (χ2n) is 6.06. The first-order valence-corrected chi connectivity index (χ1v) is 8.25. The monoisotopic (exact) mass is 366 g/mol. The molecule has 8 heteroatoms. The molecule has 0 fully saturated rings. The van der Waals surface area contributed by atoms with Gasteiger partial charge in [0.15, 0.2) is 0 Å². The van der Waals surface area contributed by atoms with Crippen LogP contribution in [-0.2, 0) is 18.3 Å². The third kappa shape index (κ3) is 3.37. The van der Waals surface area contributed by atoms with Crippen LogP contribution in [0.25, 0.3) is 5.69 Å². The van der Waals surface area contributed by atoms with Crippen LogP contribution in [0, 0.1) is 0 Å². The fourth-order valence-electron chi connectivity index (χ4n) is 2.89. The molecule has 2 aromatic carbocycles. The van der Waals surface area contributed by atoms with Crippen LogP contribution in [0.1, 0.15) is 11.6 Å². The molecular weight excluding hydrogens is 348 g/mol. The number of aromatic nitrogens is 3. The van der Waals surface area contributed by atoms with Gasteiger partial charge in [-0.3, -0.25) is 4.79 Å². The predicted octanol–water partition coefficient (Wildman–Crippen LogP) is -0.0330. The maximum absolute atomic E-state index is 13.0. The van der Waals surface area contributed by atoms with Gasteiger partial charge >= 0.3 is 17.1 Å². The van der Waals surface area contributed by atoms with Crippen molar-refractivity contribution in [3.63, 3.8) is 0 Å². The Balaban J connectivity index is 2.27. The molecule has 1 amide bonds. The number of primary amides is 1. The average molecular weight is 366 g/mol. The summed E-state index contributed by atoms with van der Waals surface area (Å²) in [7, 11) is 1.25. The van der Waals surface area contributed by atoms with E-state index in [1.54, 1.807) is 54.6 Å². The molecule has 0 unspecified atom stereocenters. The Morgan fingerprint density at radius 2 is 1.44 bits per heavy atom. The second-order valence-corrected chi connectivity index (χ2v) is 6.06. The van der Waals surface area contributed by atoms with E-state index in [1.807, 2.05) is 6.07 Å². The van der Waals surface area contributed by atoms with Crippen molar-refractivity contribution < 1.29 is 4.79 Å². The molecule has 1 heterocycles. The van der Waals surface area contributed by atoms with Crippen LogP contribution in [0.5, 0.6) is 0 Å². The summed E-state index contributed by atoms with van der Waals surface area (Å²) in [5.74, 6) is -0.837. The molecule has 0 spiro atoms. The first-order valence-electron chi connectivity index (χ1n) is 8.25. The molecule has 0 saturated heterocycles. The van der Waals surface area contributed by atoms with E-state index >= 15 is 0 Å². The molecule has 1 aromatic heterocycles. The Hall–Kier alpha value is -3.68. The fourth-order valence-corrected chi connectivity index (χ4v) is 2.89. The van der Waals surface area contributed by atoms with E-state index in [4.69, 9.17) is 5.73 Å². The highest BCUT2D eigenvalue weighted by molar-refractivity contribution is 5.78. The SMILES string of the molecule is Cn1c(=O)n(-c2ccccc2)c(=O)n([C@@H](Cc2ccccc2)C(N)=O)c1=O. The van der Waals surface area contributed by atoms with Gasteiger partial charge in [-0.25, -0.2) is 28.1 Å². The zero-order valence-electron chi connectivity index (χ0n) is 14.6. The molecule has 27 heavy (non-hydrogen) atoms. The van der Waals surface area contributed by atoms with Gasteiger partial charge < -0.3 is 5.73 Å². The van der Waals surface area contributed by atoms with Gasteiger partial charge in [0.05, 0.1) is 5.69 Å². The van der Waals surface area contributed by atoms with Crippen molar-refractivity contribution in [2.45, 2.75) is 12.5 Å². The molecule has 3 rings (SSSR count). The molecule has 0 aliphatic carbocycles. The lowest BCUT2D eigenvalue weighted by Crippen LogP contribution is -2.56. The summed E-state index contributed by atoms with van der Waals surface area (Å²) in [4.78, 5) is 50.2. The van der Waals surface area contributed by atoms with Gasteiger partial charge in [0, 0.05) is 13.5 Å². The van der Waals surface area contributed by atoms with E-state index in [-0.39, 0.29) is 6.42 Å². The van der Waals surface area contributed by atoms with Gasteiger partial charge in [0.1, 0.15) is 6.04 Å². The van der Waals surface area contributed by atoms with Gasteiger partial charge in [-0.05, 0) is 17.7 Å². The number of para-hydroxylation sites is 1. The first kappa shape index (κ1) is 18.1. The molecule has 8 nitrogen and oxygen atoms in total. The lowest BCUT2D eigenvalue weighted by molar-refractivity contribution is -0.121. The van der Waals surface area contributed by atoms with Crippen LogP contribution < -0.4 is 22.8 Å². The summed E-state index contributed by atoms with van der Waals surface area (Å²) in [5, 5.41) is 0. The second kappa shape index (κ2) is 7.28. The summed E-state index contributed by atoms with van der Waals surface area (Å²) in [6.45, 7) is 0. The predicted molar refractivity (Wildman–Crippen MR) is 99.9 cm³/mol. The highest BCUT2D eigenvalue weighted by atomic mass is 16.2. The Morgan fingerprint density at radius 1 is 0.889 bits per heavy atom. The van der Waals surface area contributed by atoms with Crippen molar-refractivity contribution in [3.8, 4) is 5.69 Å². The Kier molecular flexibility index (Phi) is 4.89. The highest BCUT2D eigenvalue weighted by Gasteiger charge is 2.25. The number of hydrogen-bond acceptors (Lipinski definition) is 4. The van der Waals surface area contributed by atoms with Gasteiger partial charge in [-0.1, -0.05) is 48.5 Å². The summed E-state index contributed by atoms with van der Waals surface area (Å²) in [6, 6.07) is 15.8. The fraction of sp³-hybridized carbons (Fsp3) is 0.158. The van der Waals surface area contributed by atoms with Crippen LogP contribution in [-0.4, -0.2) is 19.6 Å². The Labute approximate surface area is 153 Å². The largest absolute Gasteiger partial charge is 0.368 e. The molecule has 3 aromatic rings. The minimum atomic E-state index is -1.23. The normalized spacial score (nSPS) is 11.9. The lowest BCUT2D eigenvalue weighted by Gasteiger charge is -2.18. The minimum absolute atomic E-state index is 0.0539. The van der Waals surface area contributed by atoms with Crippen LogP contribution in [0.2, 0.25) is 0 Å². The molecule has 0 aliphatic rings. The zero-order chi connectivity index (χ0) is 19.6. The van der Waals surface area contributed by atoms with Crippen molar-refractivity contribution >= 4 is 5.91 Å². The number of hydrogen-bond donors (Lipinski definition) is 1. The molecule has 1 atom stereocenters. The maximum atomic E-state index is 13.0. The van der Waals surface area contributed by atoms with Crippen molar-refractivity contribution in [3.05, 3.63) is 97.7 Å². The Bertz CT molecular complexity index is 1140. The minimum Gasteiger partial charge on any atom is -0.368 e. The van der Waals surface area contributed by atoms with E-state index < -0.39 is 29.0 Å². The maximum Gasteiger partial charge on any atom is 0.341 e. The van der Waals surface area contributed by atoms with Crippen molar-refractivity contribution in [2.24, 2.45) is 12.8 Å². The van der Waals surface area contributed by atoms with E-state index in [0.29, 0.717) is 5.69 Å². The summed E-state index contributed by atoms with van der Waals surface area (Å²) >= 11 is 0. The van der Waals surface area contributed by atoms with E-state index in [0.717, 1.165) is 19.3 Å². The average Bonchev–Trinajstić information content (AvgIpc) is 2.67. The van der Waals surface area contributed by atoms with Crippen molar-refractivity contribution in [1.82, 2.24) is 13.7 Å². The molecular formula is C19H18N4O4. The van der Waals surface area contributed by atoms with Crippen LogP contribution >= 0.6 is 0 Å². The number of carbonyl (C=O) groups excluding carboxylic acids is 1. The standard InChI is InChI=1S/C19H18N4O4/c1-21-17(25)22(14-10-6-3-7-11-14)19(27)23(18(21)26)15(16(20)24)12-13-8-4-2-5-9-13/h2-11,15H,12H2,1H3,(H2,20,24)/t15-/m0/s1. The number of carbonyl (C=O) groups is 1. The summed E-state index contributed by atoms with van der Waals surface area (Å²) in [5.41, 5.74) is 3.92. The third-order valence-electron chi connectivity index (χ3n) is 4.29. The zero-order valence-corrected chi connectivity index (χ0v) is 14.6. The van der Waals surface area contributed by atoms with Crippen LogP contribution in [0.3, 0.4) is 0 Å². The van der Waals surface area contributed by atoms with E-state index in [2.05, 4.69) is 0 Å². The van der Waals surface area contributed by atoms with Crippen LogP contribution in [0.15, 0.2) is 75.0 Å². The molecule has 0 aliphatic heterocycles. The van der Waals surface area contributed by atoms with E-state index in [9.17, 15) is 19.2 Å².